The second-order valence-corrected chi connectivity index (χ2v) is 4.10. The molecule has 98 valence electrons. The lowest BCUT2D eigenvalue weighted by atomic mass is 10.1. The summed E-state index contributed by atoms with van der Waals surface area (Å²) < 4.78 is 40.4. The van der Waals surface area contributed by atoms with E-state index in [1.54, 1.807) is 0 Å². The minimum atomic E-state index is -4.04. The van der Waals surface area contributed by atoms with Gasteiger partial charge in [0.2, 0.25) is 0 Å². The molecule has 0 rings (SSSR count). The summed E-state index contributed by atoms with van der Waals surface area (Å²) in [4.78, 5) is 0. The van der Waals surface area contributed by atoms with E-state index < -0.39 is 12.6 Å². The van der Waals surface area contributed by atoms with Gasteiger partial charge >= 0.3 is 6.18 Å². The molecule has 1 nitrogen and oxygen atoms in total. The normalized spacial score (nSPS) is 12.0. The van der Waals surface area contributed by atoms with Crippen LogP contribution in [-0.2, 0) is 4.74 Å². The number of hydrogen-bond acceptors (Lipinski definition) is 1. The molecule has 0 amide bonds. The summed E-state index contributed by atoms with van der Waals surface area (Å²) in [6, 6.07) is 0. The van der Waals surface area contributed by atoms with Crippen molar-refractivity contribution in [2.24, 2.45) is 0 Å². The van der Waals surface area contributed by atoms with Crippen LogP contribution < -0.4 is 0 Å². The van der Waals surface area contributed by atoms with E-state index in [0.717, 1.165) is 12.8 Å². The maximum atomic E-state index is 11.7. The number of hydrogen-bond donors (Lipinski definition) is 0. The van der Waals surface area contributed by atoms with E-state index in [4.69, 9.17) is 4.74 Å². The van der Waals surface area contributed by atoms with Crippen molar-refractivity contribution in [3.8, 4) is 0 Å². The van der Waals surface area contributed by atoms with Crippen LogP contribution in [0.25, 0.3) is 0 Å². The second kappa shape index (κ2) is 9.94. The Kier molecular flexibility index (Phi) is 9.78. The highest BCUT2D eigenvalue weighted by atomic mass is 19.4. The summed E-state index contributed by atoms with van der Waals surface area (Å²) in [5.41, 5.74) is 0. The molecule has 0 aromatic rings. The first-order valence-corrected chi connectivity index (χ1v) is 6.20. The fourth-order valence-corrected chi connectivity index (χ4v) is 1.46. The van der Waals surface area contributed by atoms with Gasteiger partial charge in [-0.2, -0.15) is 13.2 Å². The van der Waals surface area contributed by atoms with E-state index in [0.29, 0.717) is 6.61 Å². The average Bonchev–Trinajstić information content (AvgIpc) is 2.19. The van der Waals surface area contributed by atoms with Crippen LogP contribution in [0.5, 0.6) is 0 Å². The van der Waals surface area contributed by atoms with Crippen LogP contribution in [0.1, 0.15) is 58.3 Å². The predicted octanol–water partition coefficient (Wildman–Crippen LogP) is 4.71. The number of rotatable bonds is 10. The van der Waals surface area contributed by atoms with Gasteiger partial charge in [0.15, 0.2) is 0 Å². The largest absolute Gasteiger partial charge is 0.389 e. The van der Waals surface area contributed by atoms with Crippen molar-refractivity contribution in [3.05, 3.63) is 0 Å². The highest BCUT2D eigenvalue weighted by Crippen LogP contribution is 2.21. The monoisotopic (exact) mass is 240 g/mol. The van der Waals surface area contributed by atoms with Gasteiger partial charge in [-0.15, -0.1) is 0 Å². The first kappa shape index (κ1) is 15.8. The van der Waals surface area contributed by atoms with Crippen molar-refractivity contribution in [1.29, 1.82) is 0 Å². The van der Waals surface area contributed by atoms with Crippen molar-refractivity contribution in [3.63, 3.8) is 0 Å². The molecule has 0 aliphatic rings. The van der Waals surface area contributed by atoms with Gasteiger partial charge in [-0.05, 0) is 12.8 Å². The molecule has 0 aromatic heterocycles. The molecular formula is C12H23F3O. The average molecular weight is 240 g/mol. The molecule has 0 fully saturated rings. The standard InChI is InChI=1S/C12H23F3O/c1-2-3-4-5-6-7-10-16-11-8-9-12(13,14)15/h2-11H2,1H3. The molecule has 0 aliphatic heterocycles. The van der Waals surface area contributed by atoms with E-state index in [1.165, 1.54) is 25.7 Å². The highest BCUT2D eigenvalue weighted by Gasteiger charge is 2.25. The first-order valence-electron chi connectivity index (χ1n) is 6.20. The maximum absolute atomic E-state index is 11.7. The summed E-state index contributed by atoms with van der Waals surface area (Å²) in [5.74, 6) is 0. The van der Waals surface area contributed by atoms with Crippen molar-refractivity contribution < 1.29 is 17.9 Å². The molecule has 0 saturated heterocycles. The third-order valence-electron chi connectivity index (χ3n) is 2.39. The molecule has 0 atom stereocenters. The van der Waals surface area contributed by atoms with Crippen LogP contribution in [-0.4, -0.2) is 19.4 Å². The van der Waals surface area contributed by atoms with Crippen molar-refractivity contribution in [1.82, 2.24) is 0 Å². The van der Waals surface area contributed by atoms with E-state index in [-0.39, 0.29) is 13.0 Å². The lowest BCUT2D eigenvalue weighted by Gasteiger charge is -2.06. The third kappa shape index (κ3) is 13.8. The molecule has 16 heavy (non-hydrogen) atoms. The Hall–Kier alpha value is -0.250. The van der Waals surface area contributed by atoms with E-state index >= 15 is 0 Å². The maximum Gasteiger partial charge on any atom is 0.389 e. The molecule has 0 N–H and O–H groups in total. The number of halogens is 3. The highest BCUT2D eigenvalue weighted by molar-refractivity contribution is 4.49. The van der Waals surface area contributed by atoms with Gasteiger partial charge in [0.25, 0.3) is 0 Å². The summed E-state index contributed by atoms with van der Waals surface area (Å²) in [7, 11) is 0. The Morgan fingerprint density at radius 1 is 0.812 bits per heavy atom. The Balaban J connectivity index is 2.99. The Bertz CT molecular complexity index is 146. The van der Waals surface area contributed by atoms with Gasteiger partial charge in [0.1, 0.15) is 0 Å². The molecular weight excluding hydrogens is 217 g/mol. The van der Waals surface area contributed by atoms with Crippen molar-refractivity contribution in [2.75, 3.05) is 13.2 Å². The fraction of sp³-hybridized carbons (Fsp3) is 1.00. The van der Waals surface area contributed by atoms with Gasteiger partial charge in [-0.25, -0.2) is 0 Å². The fourth-order valence-electron chi connectivity index (χ4n) is 1.46. The number of unbranched alkanes of at least 4 members (excludes halogenated alkanes) is 5. The van der Waals surface area contributed by atoms with Crippen LogP contribution in [0.15, 0.2) is 0 Å². The molecule has 0 saturated carbocycles. The van der Waals surface area contributed by atoms with Crippen molar-refractivity contribution in [2.45, 2.75) is 64.5 Å². The molecule has 0 aliphatic carbocycles. The van der Waals surface area contributed by atoms with Gasteiger partial charge in [0.05, 0.1) is 0 Å². The molecule has 0 radical (unpaired) electrons. The predicted molar refractivity (Wildman–Crippen MR) is 59.5 cm³/mol. The number of alkyl halides is 3. The Morgan fingerprint density at radius 2 is 1.38 bits per heavy atom. The quantitative estimate of drug-likeness (QED) is 0.503. The van der Waals surface area contributed by atoms with Crippen LogP contribution in [0.3, 0.4) is 0 Å². The van der Waals surface area contributed by atoms with Gasteiger partial charge < -0.3 is 4.74 Å². The number of ether oxygens (including phenoxy) is 1. The summed E-state index contributed by atoms with van der Waals surface area (Å²) in [6.07, 6.45) is 2.37. The molecule has 0 unspecified atom stereocenters. The second-order valence-electron chi connectivity index (χ2n) is 4.10. The van der Waals surface area contributed by atoms with Crippen LogP contribution in [0.4, 0.5) is 13.2 Å². The van der Waals surface area contributed by atoms with E-state index in [9.17, 15) is 13.2 Å². The van der Waals surface area contributed by atoms with Crippen LogP contribution in [0.2, 0.25) is 0 Å². The van der Waals surface area contributed by atoms with Crippen LogP contribution >= 0.6 is 0 Å². The zero-order valence-corrected chi connectivity index (χ0v) is 10.1. The minimum Gasteiger partial charge on any atom is -0.381 e. The minimum absolute atomic E-state index is 0.0827. The SMILES string of the molecule is CCCCCCCCOCCCC(F)(F)F. The van der Waals surface area contributed by atoms with E-state index in [1.807, 2.05) is 0 Å². The van der Waals surface area contributed by atoms with Gasteiger partial charge in [0, 0.05) is 19.6 Å². The smallest absolute Gasteiger partial charge is 0.381 e. The summed E-state index contributed by atoms with van der Waals surface area (Å²) >= 11 is 0. The van der Waals surface area contributed by atoms with Crippen LogP contribution in [0, 0.1) is 0 Å². The lowest BCUT2D eigenvalue weighted by molar-refractivity contribution is -0.137. The van der Waals surface area contributed by atoms with Gasteiger partial charge in [-0.1, -0.05) is 39.0 Å². The van der Waals surface area contributed by atoms with Crippen molar-refractivity contribution >= 4 is 0 Å². The Morgan fingerprint density at radius 3 is 2.00 bits per heavy atom. The molecule has 0 heterocycles. The molecule has 0 aromatic carbocycles. The molecule has 4 heteroatoms. The zero-order valence-electron chi connectivity index (χ0n) is 10.1. The van der Waals surface area contributed by atoms with E-state index in [2.05, 4.69) is 6.92 Å². The topological polar surface area (TPSA) is 9.23 Å². The lowest BCUT2D eigenvalue weighted by Crippen LogP contribution is -2.09. The molecule has 0 spiro atoms. The Labute approximate surface area is 96.4 Å². The summed E-state index contributed by atoms with van der Waals surface area (Å²) in [5, 5.41) is 0. The molecule has 0 bridgehead atoms. The third-order valence-corrected chi connectivity index (χ3v) is 2.39. The first-order chi connectivity index (χ1) is 7.56. The van der Waals surface area contributed by atoms with Gasteiger partial charge in [-0.3, -0.25) is 0 Å². The summed E-state index contributed by atoms with van der Waals surface area (Å²) in [6.45, 7) is 3.00. The zero-order chi connectivity index (χ0) is 12.3.